The van der Waals surface area contributed by atoms with E-state index in [2.05, 4.69) is 66.8 Å². The molecule has 2 unspecified atom stereocenters. The number of nitrogens with two attached hydrogens (primary N) is 1. The molecule has 2 heteroatoms. The summed E-state index contributed by atoms with van der Waals surface area (Å²) in [4.78, 5) is 0. The largest absolute Gasteiger partial charge is 0.328 e. The molecular weight excluding hydrogens is 797 g/mol. The molecule has 390 valence electrons. The van der Waals surface area contributed by atoms with Crippen LogP contribution >= 0.6 is 0 Å². The molecule has 0 saturated heterocycles. The van der Waals surface area contributed by atoms with Gasteiger partial charge in [-0.15, -0.1) is 13.2 Å². The van der Waals surface area contributed by atoms with Gasteiger partial charge in [-0.2, -0.15) is 5.26 Å². The van der Waals surface area contributed by atoms with E-state index in [0.29, 0.717) is 6.04 Å². The zero-order valence-corrected chi connectivity index (χ0v) is 47.1. The first-order valence-electron chi connectivity index (χ1n) is 29.6. The van der Waals surface area contributed by atoms with Crippen LogP contribution in [0.2, 0.25) is 0 Å². The van der Waals surface area contributed by atoms with Crippen LogP contribution in [0, 0.1) is 30.1 Å². The number of hydrogen-bond acceptors (Lipinski definition) is 2. The Hall–Kier alpha value is -1.85. The average molecular weight is 922 g/mol. The van der Waals surface area contributed by atoms with Gasteiger partial charge in [-0.25, -0.2) is 0 Å². The van der Waals surface area contributed by atoms with Gasteiger partial charge in [0.2, 0.25) is 0 Å². The highest BCUT2D eigenvalue weighted by atomic mass is 14.6. The van der Waals surface area contributed by atoms with Gasteiger partial charge in [0.25, 0.3) is 0 Å². The molecule has 1 aliphatic carbocycles. The molecule has 1 aromatic carbocycles. The fourth-order valence-corrected chi connectivity index (χ4v) is 8.03. The van der Waals surface area contributed by atoms with E-state index in [4.69, 9.17) is 11.0 Å². The molecule has 0 amide bonds. The van der Waals surface area contributed by atoms with Crippen molar-refractivity contribution in [3.8, 4) is 6.07 Å². The third-order valence-corrected chi connectivity index (χ3v) is 13.1. The smallest absolute Gasteiger partial charge is 0.0694 e. The van der Waals surface area contributed by atoms with E-state index in [1.54, 1.807) is 13.0 Å². The van der Waals surface area contributed by atoms with Gasteiger partial charge in [0.05, 0.1) is 12.0 Å². The summed E-state index contributed by atoms with van der Waals surface area (Å²) in [5, 5.41) is 8.01. The van der Waals surface area contributed by atoms with Crippen LogP contribution in [0.25, 0.3) is 0 Å². The van der Waals surface area contributed by atoms with E-state index in [1.165, 1.54) is 274 Å². The Morgan fingerprint density at radius 1 is 0.545 bits per heavy atom. The summed E-state index contributed by atoms with van der Waals surface area (Å²) in [5.41, 5.74) is 8.27. The van der Waals surface area contributed by atoms with Gasteiger partial charge in [0.1, 0.15) is 0 Å². The molecular formula is C64H124N2. The number of nitriles is 1. The van der Waals surface area contributed by atoms with Gasteiger partial charge >= 0.3 is 0 Å². The Kier molecular flexibility index (Phi) is 69.9. The SMILES string of the molecule is C=C(C)CCCCCCCCCCCCCCCCCCCCC.C=CC(C)C#N.CC.CC(N)C1CCC1.CCCCCCCCCCCCCCCCCCCC.Cc1ccccc1. The summed E-state index contributed by atoms with van der Waals surface area (Å²) < 4.78 is 0. The van der Waals surface area contributed by atoms with Crippen LogP contribution in [0.3, 0.4) is 0 Å². The number of hydrogen-bond donors (Lipinski definition) is 1. The number of aryl methyl sites for hydroxylation is 1. The van der Waals surface area contributed by atoms with Crippen LogP contribution in [0.4, 0.5) is 0 Å². The molecule has 0 bridgehead atoms. The maximum Gasteiger partial charge on any atom is 0.0694 e. The van der Waals surface area contributed by atoms with E-state index in [9.17, 15) is 0 Å². The van der Waals surface area contributed by atoms with Crippen molar-refractivity contribution in [1.82, 2.24) is 0 Å². The Morgan fingerprint density at radius 3 is 0.924 bits per heavy atom. The molecule has 0 radical (unpaired) electrons. The van der Waals surface area contributed by atoms with Crippen molar-refractivity contribution in [2.45, 2.75) is 332 Å². The molecule has 0 aromatic heterocycles. The lowest BCUT2D eigenvalue weighted by atomic mass is 9.81. The molecule has 1 saturated carbocycles. The molecule has 2 N–H and O–H groups in total. The number of unbranched alkanes of at least 4 members (excludes halogenated alkanes) is 35. The highest BCUT2D eigenvalue weighted by molar-refractivity contribution is 5.11. The number of benzene rings is 1. The second-order valence-electron chi connectivity index (χ2n) is 20.1. The normalized spacial score (nSPS) is 12.3. The Bertz CT molecular complexity index is 1010. The molecule has 66 heavy (non-hydrogen) atoms. The van der Waals surface area contributed by atoms with Gasteiger partial charge in [-0.1, -0.05) is 320 Å². The first-order chi connectivity index (χ1) is 32.2. The van der Waals surface area contributed by atoms with Crippen LogP contribution < -0.4 is 5.73 Å². The summed E-state index contributed by atoms with van der Waals surface area (Å²) in [5.74, 6) is 0.866. The third kappa shape index (κ3) is 68.7. The van der Waals surface area contributed by atoms with E-state index >= 15 is 0 Å². The van der Waals surface area contributed by atoms with Crippen molar-refractivity contribution in [1.29, 1.82) is 5.26 Å². The van der Waals surface area contributed by atoms with Gasteiger partial charge in [-0.05, 0) is 59.3 Å². The molecule has 2 nitrogen and oxygen atoms in total. The molecule has 2 rings (SSSR count). The predicted molar refractivity (Wildman–Crippen MR) is 306 cm³/mol. The average Bonchev–Trinajstić information content (AvgIpc) is 3.30. The van der Waals surface area contributed by atoms with Gasteiger partial charge in [-0.3, -0.25) is 0 Å². The molecule has 0 aliphatic heterocycles. The molecule has 1 aromatic rings. The van der Waals surface area contributed by atoms with Crippen LogP contribution in [-0.2, 0) is 0 Å². The predicted octanol–water partition coefficient (Wildman–Crippen LogP) is 22.9. The van der Waals surface area contributed by atoms with Crippen molar-refractivity contribution in [2.75, 3.05) is 0 Å². The van der Waals surface area contributed by atoms with Crippen LogP contribution in [0.1, 0.15) is 324 Å². The van der Waals surface area contributed by atoms with Gasteiger partial charge in [0, 0.05) is 6.04 Å². The number of allylic oxidation sites excluding steroid dienone is 2. The lowest BCUT2D eigenvalue weighted by Gasteiger charge is -2.28. The maximum absolute atomic E-state index is 8.01. The Labute approximate surface area is 419 Å². The second-order valence-corrected chi connectivity index (χ2v) is 20.1. The summed E-state index contributed by atoms with van der Waals surface area (Å²) >= 11 is 0. The van der Waals surface area contributed by atoms with E-state index in [1.807, 2.05) is 38.1 Å². The summed E-state index contributed by atoms with van der Waals surface area (Å²) in [6.07, 6.45) is 61.1. The highest BCUT2D eigenvalue weighted by Gasteiger charge is 2.20. The topological polar surface area (TPSA) is 49.8 Å². The van der Waals surface area contributed by atoms with Gasteiger partial charge in [0.15, 0.2) is 0 Å². The minimum atomic E-state index is 0.00463. The first kappa shape index (κ1) is 70.7. The molecule has 1 aliphatic rings. The lowest BCUT2D eigenvalue weighted by molar-refractivity contribution is 0.273. The van der Waals surface area contributed by atoms with Crippen molar-refractivity contribution >= 4 is 0 Å². The van der Waals surface area contributed by atoms with Crippen LogP contribution in [0.5, 0.6) is 0 Å². The zero-order chi connectivity index (χ0) is 49.8. The van der Waals surface area contributed by atoms with Crippen molar-refractivity contribution in [2.24, 2.45) is 17.6 Å². The van der Waals surface area contributed by atoms with Crippen molar-refractivity contribution < 1.29 is 0 Å². The summed E-state index contributed by atoms with van der Waals surface area (Å²) in [6.45, 7) is 26.4. The standard InChI is InChI=1S/C24H48.C20H42.C7H8.C6H13N.C5H7N.C2H6/c1-4-5-6-7-8-9-10-11-12-13-14-15-16-17-18-19-20-21-22-23-24(2)3;1-3-5-7-9-11-13-15-17-19-20-18-16-14-12-10-8-6-4-2;1-7-5-3-2-4-6-7;1-5(7)6-3-2-4-6;1-3-5(2)4-6;1-2/h2,4-23H2,1,3H3;3-20H2,1-2H3;2-6H,1H3;5-6H,2-4,7H2,1H3;3,5H,1H2,2H3;1-2H3. The minimum Gasteiger partial charge on any atom is -0.328 e. The maximum atomic E-state index is 8.01. The molecule has 1 fully saturated rings. The van der Waals surface area contributed by atoms with Crippen LogP contribution in [-0.4, -0.2) is 6.04 Å². The number of nitrogens with zero attached hydrogens (tertiary/aromatic N) is 1. The monoisotopic (exact) mass is 921 g/mol. The minimum absolute atomic E-state index is 0.00463. The Morgan fingerprint density at radius 2 is 0.803 bits per heavy atom. The summed E-state index contributed by atoms with van der Waals surface area (Å²) in [7, 11) is 0. The summed E-state index contributed by atoms with van der Waals surface area (Å²) in [6, 6.07) is 12.7. The van der Waals surface area contributed by atoms with E-state index < -0.39 is 0 Å². The molecule has 0 heterocycles. The first-order valence-corrected chi connectivity index (χ1v) is 29.6. The number of rotatable bonds is 39. The van der Waals surface area contributed by atoms with Crippen molar-refractivity contribution in [3.05, 3.63) is 60.7 Å². The fraction of sp³-hybridized carbons (Fsp3) is 0.828. The zero-order valence-electron chi connectivity index (χ0n) is 47.1. The van der Waals surface area contributed by atoms with Gasteiger partial charge < -0.3 is 5.73 Å². The fourth-order valence-electron chi connectivity index (χ4n) is 8.03. The van der Waals surface area contributed by atoms with Crippen LogP contribution in [0.15, 0.2) is 55.1 Å². The van der Waals surface area contributed by atoms with E-state index in [0.717, 1.165) is 5.92 Å². The third-order valence-electron chi connectivity index (χ3n) is 13.1. The quantitative estimate of drug-likeness (QED) is 0.0528. The lowest BCUT2D eigenvalue weighted by Crippen LogP contribution is -2.31. The van der Waals surface area contributed by atoms with Crippen molar-refractivity contribution in [3.63, 3.8) is 0 Å². The highest BCUT2D eigenvalue weighted by Crippen LogP contribution is 2.28. The molecule has 2 atom stereocenters. The Balaban J connectivity index is -0.000000402. The van der Waals surface area contributed by atoms with E-state index in [-0.39, 0.29) is 5.92 Å². The second kappa shape index (κ2) is 65.2. The molecule has 0 spiro atoms.